The smallest absolute Gasteiger partial charge is 0.325 e. The average molecular weight is 465 g/mol. The molecule has 1 rings (SSSR count). The van der Waals surface area contributed by atoms with Crippen molar-refractivity contribution in [2.24, 2.45) is 10.8 Å². The van der Waals surface area contributed by atoms with E-state index in [9.17, 15) is 19.5 Å². The summed E-state index contributed by atoms with van der Waals surface area (Å²) in [6.07, 6.45) is 1.36. The maximum atomic E-state index is 12.6. The summed E-state index contributed by atoms with van der Waals surface area (Å²) < 4.78 is 4.52. The molecule has 33 heavy (non-hydrogen) atoms. The van der Waals surface area contributed by atoms with E-state index in [0.29, 0.717) is 13.1 Å². The number of ether oxygens (including phenoxy) is 1. The summed E-state index contributed by atoms with van der Waals surface area (Å²) in [6, 6.07) is 9.44. The second-order valence-electron chi connectivity index (χ2n) is 10.7. The molecule has 1 amide bonds. The predicted molar refractivity (Wildman–Crippen MR) is 132 cm³/mol. The van der Waals surface area contributed by atoms with Gasteiger partial charge in [-0.05, 0) is 43.7 Å². The standard InChI is InChI=1S/C19H36N2O5.C7H8/c1-18(2,3)8-10-21(11-9-19(4,5)6)14(12-15(22)23)17(25)20-13-16(24)26-7;1-7-5-3-2-4-6-7/h14H,8-13H2,1-7H3,(H,20,25)(H,22,23);2-6H,1H3. The molecule has 1 aromatic carbocycles. The number of hydrogen-bond acceptors (Lipinski definition) is 5. The Balaban J connectivity index is 0.00000123. The minimum absolute atomic E-state index is 0.0657. The molecule has 0 radical (unpaired) electrons. The Kier molecular flexibility index (Phi) is 13.6. The van der Waals surface area contributed by atoms with Crippen molar-refractivity contribution in [3.63, 3.8) is 0 Å². The number of carboxylic acid groups (broad SMARTS) is 1. The van der Waals surface area contributed by atoms with Gasteiger partial charge in [-0.15, -0.1) is 0 Å². The van der Waals surface area contributed by atoms with E-state index in [2.05, 4.69) is 70.7 Å². The molecule has 0 aliphatic heterocycles. The number of esters is 1. The molecular formula is C26H44N2O5. The SMILES string of the molecule is COC(=O)CNC(=O)C(CC(=O)O)N(CCC(C)(C)C)CCC(C)(C)C.Cc1ccccc1. The van der Waals surface area contributed by atoms with Gasteiger partial charge in [0.15, 0.2) is 0 Å². The number of hydrogen-bond donors (Lipinski definition) is 2. The van der Waals surface area contributed by atoms with Crippen LogP contribution < -0.4 is 5.32 Å². The lowest BCUT2D eigenvalue weighted by atomic mass is 9.90. The fourth-order valence-electron chi connectivity index (χ4n) is 2.82. The first-order valence-corrected chi connectivity index (χ1v) is 11.5. The van der Waals surface area contributed by atoms with Crippen molar-refractivity contribution in [2.75, 3.05) is 26.7 Å². The first-order valence-electron chi connectivity index (χ1n) is 11.5. The Morgan fingerprint density at radius 3 is 1.79 bits per heavy atom. The van der Waals surface area contributed by atoms with E-state index in [0.717, 1.165) is 12.8 Å². The van der Waals surface area contributed by atoms with Crippen LogP contribution in [0.2, 0.25) is 0 Å². The van der Waals surface area contributed by atoms with Crippen molar-refractivity contribution < 1.29 is 24.2 Å². The number of carboxylic acids is 1. The largest absolute Gasteiger partial charge is 0.481 e. The number of methoxy groups -OCH3 is 1. The lowest BCUT2D eigenvalue weighted by molar-refractivity contribution is -0.143. The number of rotatable bonds is 10. The van der Waals surface area contributed by atoms with Crippen LogP contribution in [0.25, 0.3) is 0 Å². The number of aryl methyl sites for hydroxylation is 1. The minimum atomic E-state index is -1.04. The fourth-order valence-corrected chi connectivity index (χ4v) is 2.82. The van der Waals surface area contributed by atoms with E-state index < -0.39 is 23.9 Å². The van der Waals surface area contributed by atoms with Crippen LogP contribution in [0.4, 0.5) is 0 Å². The molecule has 7 heteroatoms. The number of amides is 1. The van der Waals surface area contributed by atoms with E-state index in [4.69, 9.17) is 0 Å². The van der Waals surface area contributed by atoms with Crippen molar-refractivity contribution in [3.05, 3.63) is 35.9 Å². The van der Waals surface area contributed by atoms with Crippen LogP contribution in [-0.2, 0) is 19.1 Å². The Bertz CT molecular complexity index is 702. The van der Waals surface area contributed by atoms with Crippen LogP contribution in [-0.4, -0.2) is 60.6 Å². The molecule has 1 atom stereocenters. The summed E-state index contributed by atoms with van der Waals surface area (Å²) in [5.41, 5.74) is 1.45. The van der Waals surface area contributed by atoms with Gasteiger partial charge in [0.25, 0.3) is 0 Å². The minimum Gasteiger partial charge on any atom is -0.481 e. The molecule has 7 nitrogen and oxygen atoms in total. The van der Waals surface area contributed by atoms with E-state index >= 15 is 0 Å². The van der Waals surface area contributed by atoms with E-state index in [1.54, 1.807) is 0 Å². The first kappa shape index (κ1) is 30.6. The highest BCUT2D eigenvalue weighted by Crippen LogP contribution is 2.23. The number of nitrogens with zero attached hydrogens (tertiary/aromatic N) is 1. The van der Waals surface area contributed by atoms with Gasteiger partial charge < -0.3 is 15.2 Å². The van der Waals surface area contributed by atoms with Gasteiger partial charge in [0.05, 0.1) is 19.6 Å². The molecule has 1 unspecified atom stereocenters. The van der Waals surface area contributed by atoms with Gasteiger partial charge >= 0.3 is 11.9 Å². The van der Waals surface area contributed by atoms with Gasteiger partial charge in [0.2, 0.25) is 5.91 Å². The fraction of sp³-hybridized carbons (Fsp3) is 0.654. The third-order valence-electron chi connectivity index (χ3n) is 4.98. The van der Waals surface area contributed by atoms with Gasteiger partial charge in [0, 0.05) is 0 Å². The summed E-state index contributed by atoms with van der Waals surface area (Å²) in [7, 11) is 1.24. The van der Waals surface area contributed by atoms with E-state index in [1.807, 2.05) is 23.1 Å². The van der Waals surface area contributed by atoms with Gasteiger partial charge in [-0.3, -0.25) is 19.3 Å². The second kappa shape index (κ2) is 14.7. The number of carbonyl (C=O) groups is 3. The second-order valence-corrected chi connectivity index (χ2v) is 10.7. The third kappa shape index (κ3) is 16.8. The Morgan fingerprint density at radius 1 is 0.970 bits per heavy atom. The van der Waals surface area contributed by atoms with Gasteiger partial charge in [-0.1, -0.05) is 77.4 Å². The Morgan fingerprint density at radius 2 is 1.45 bits per heavy atom. The van der Waals surface area contributed by atoms with Crippen LogP contribution in [0.15, 0.2) is 30.3 Å². The summed E-state index contributed by atoms with van der Waals surface area (Å²) >= 11 is 0. The van der Waals surface area contributed by atoms with Crippen molar-refractivity contribution in [1.82, 2.24) is 10.2 Å². The van der Waals surface area contributed by atoms with Crippen molar-refractivity contribution in [3.8, 4) is 0 Å². The van der Waals surface area contributed by atoms with E-state index in [1.165, 1.54) is 12.7 Å². The molecule has 0 aliphatic rings. The number of nitrogens with one attached hydrogen (secondary N) is 1. The number of benzene rings is 1. The van der Waals surface area contributed by atoms with Crippen molar-refractivity contribution in [1.29, 1.82) is 0 Å². The normalized spacial score (nSPS) is 12.4. The van der Waals surface area contributed by atoms with Gasteiger partial charge in [-0.25, -0.2) is 0 Å². The summed E-state index contributed by atoms with van der Waals surface area (Å²) in [5.74, 6) is -2.07. The van der Waals surface area contributed by atoms with Crippen molar-refractivity contribution >= 4 is 17.8 Å². The van der Waals surface area contributed by atoms with Crippen LogP contribution in [0, 0.1) is 17.8 Å². The molecule has 188 valence electrons. The Hall–Kier alpha value is -2.41. The molecular weight excluding hydrogens is 420 g/mol. The topological polar surface area (TPSA) is 95.9 Å². The summed E-state index contributed by atoms with van der Waals surface area (Å²) in [5, 5.41) is 11.8. The Labute approximate surface area is 199 Å². The van der Waals surface area contributed by atoms with E-state index in [-0.39, 0.29) is 23.8 Å². The highest BCUT2D eigenvalue weighted by Gasteiger charge is 2.30. The zero-order chi connectivity index (χ0) is 25.7. The predicted octanol–water partition coefficient (Wildman–Crippen LogP) is 4.29. The average Bonchev–Trinajstić information content (AvgIpc) is 2.69. The van der Waals surface area contributed by atoms with Gasteiger partial charge in [0.1, 0.15) is 6.54 Å². The molecule has 0 spiro atoms. The van der Waals surface area contributed by atoms with Crippen LogP contribution in [0.3, 0.4) is 0 Å². The zero-order valence-corrected chi connectivity index (χ0v) is 21.7. The van der Waals surface area contributed by atoms with Crippen LogP contribution in [0.1, 0.15) is 66.4 Å². The maximum absolute atomic E-state index is 12.6. The first-order chi connectivity index (χ1) is 15.1. The highest BCUT2D eigenvalue weighted by molar-refractivity contribution is 5.88. The molecule has 0 fully saturated rings. The zero-order valence-electron chi connectivity index (χ0n) is 21.7. The molecule has 0 heterocycles. The number of carbonyl (C=O) groups excluding carboxylic acids is 2. The summed E-state index contributed by atoms with van der Waals surface area (Å²) in [6.45, 7) is 15.7. The van der Waals surface area contributed by atoms with Gasteiger partial charge in [-0.2, -0.15) is 0 Å². The molecule has 0 saturated carbocycles. The van der Waals surface area contributed by atoms with Crippen molar-refractivity contribution in [2.45, 2.75) is 73.8 Å². The molecule has 0 aliphatic carbocycles. The maximum Gasteiger partial charge on any atom is 0.325 e. The van der Waals surface area contributed by atoms with Crippen LogP contribution in [0.5, 0.6) is 0 Å². The monoisotopic (exact) mass is 464 g/mol. The highest BCUT2D eigenvalue weighted by atomic mass is 16.5. The summed E-state index contributed by atoms with van der Waals surface area (Å²) in [4.78, 5) is 37.1. The lowest BCUT2D eigenvalue weighted by Crippen LogP contribution is -2.50. The number of aliphatic carboxylic acids is 1. The van der Waals surface area contributed by atoms with Crippen LogP contribution >= 0.6 is 0 Å². The molecule has 0 saturated heterocycles. The molecule has 0 aromatic heterocycles. The molecule has 0 bridgehead atoms. The molecule has 1 aromatic rings. The lowest BCUT2D eigenvalue weighted by Gasteiger charge is -2.34. The third-order valence-corrected chi connectivity index (χ3v) is 4.98. The molecule has 2 N–H and O–H groups in total. The quantitative estimate of drug-likeness (QED) is 0.502.